The van der Waals surface area contributed by atoms with E-state index in [0.29, 0.717) is 17.6 Å². The molecule has 1 aliphatic rings. The SMILES string of the molecule is Clc1cnccc1Cn1cc(CNC2CC2)nn1. The summed E-state index contributed by atoms with van der Waals surface area (Å²) in [5.74, 6) is 0. The van der Waals surface area contributed by atoms with Gasteiger partial charge in [-0.15, -0.1) is 5.10 Å². The lowest BCUT2D eigenvalue weighted by molar-refractivity contribution is 0.646. The van der Waals surface area contributed by atoms with Crippen LogP contribution in [0.2, 0.25) is 5.02 Å². The first-order valence-corrected chi connectivity index (χ1v) is 6.40. The highest BCUT2D eigenvalue weighted by Gasteiger charge is 2.20. The third-order valence-electron chi connectivity index (χ3n) is 2.92. The van der Waals surface area contributed by atoms with Crippen LogP contribution in [0.1, 0.15) is 24.1 Å². The fraction of sp³-hybridized carbons (Fsp3) is 0.417. The van der Waals surface area contributed by atoms with Gasteiger partial charge in [-0.2, -0.15) is 0 Å². The molecule has 0 aliphatic heterocycles. The molecule has 0 aromatic carbocycles. The first-order valence-electron chi connectivity index (χ1n) is 6.02. The molecule has 2 aromatic rings. The molecular formula is C12H14ClN5. The van der Waals surface area contributed by atoms with Crippen LogP contribution >= 0.6 is 11.6 Å². The van der Waals surface area contributed by atoms with Crippen LogP contribution in [0.15, 0.2) is 24.7 Å². The van der Waals surface area contributed by atoms with Gasteiger partial charge in [0, 0.05) is 25.0 Å². The summed E-state index contributed by atoms with van der Waals surface area (Å²) in [4.78, 5) is 3.96. The first kappa shape index (κ1) is 11.6. The van der Waals surface area contributed by atoms with Crippen LogP contribution in [0.4, 0.5) is 0 Å². The Labute approximate surface area is 110 Å². The Balaban J connectivity index is 1.63. The second kappa shape index (κ2) is 5.04. The van der Waals surface area contributed by atoms with Crippen LogP contribution in [-0.4, -0.2) is 26.0 Å². The second-order valence-corrected chi connectivity index (χ2v) is 4.94. The fourth-order valence-electron chi connectivity index (χ4n) is 1.74. The van der Waals surface area contributed by atoms with Crippen molar-refractivity contribution >= 4 is 11.6 Å². The molecule has 94 valence electrons. The van der Waals surface area contributed by atoms with Crippen molar-refractivity contribution < 1.29 is 0 Å². The first-order chi connectivity index (χ1) is 8.81. The number of hydrogen-bond donors (Lipinski definition) is 1. The van der Waals surface area contributed by atoms with Crippen molar-refractivity contribution in [3.63, 3.8) is 0 Å². The summed E-state index contributed by atoms with van der Waals surface area (Å²) in [6.07, 6.45) is 7.88. The normalized spacial score (nSPS) is 14.9. The zero-order valence-electron chi connectivity index (χ0n) is 9.88. The molecule has 1 N–H and O–H groups in total. The number of pyridine rings is 1. The molecule has 0 atom stereocenters. The van der Waals surface area contributed by atoms with Gasteiger partial charge in [0.1, 0.15) is 0 Å². The van der Waals surface area contributed by atoms with Crippen molar-refractivity contribution in [2.45, 2.75) is 32.0 Å². The molecular weight excluding hydrogens is 250 g/mol. The zero-order chi connectivity index (χ0) is 12.4. The summed E-state index contributed by atoms with van der Waals surface area (Å²) in [5, 5.41) is 12.3. The molecule has 0 amide bonds. The minimum absolute atomic E-state index is 0.623. The maximum atomic E-state index is 6.06. The molecule has 1 fully saturated rings. The Kier molecular flexibility index (Phi) is 3.25. The van der Waals surface area contributed by atoms with Gasteiger partial charge in [0.05, 0.1) is 23.5 Å². The van der Waals surface area contributed by atoms with Crippen molar-refractivity contribution in [2.24, 2.45) is 0 Å². The fourth-order valence-corrected chi connectivity index (χ4v) is 1.92. The number of hydrogen-bond acceptors (Lipinski definition) is 4. The van der Waals surface area contributed by atoms with Crippen LogP contribution in [0.3, 0.4) is 0 Å². The molecule has 1 saturated carbocycles. The maximum absolute atomic E-state index is 6.06. The van der Waals surface area contributed by atoms with Gasteiger partial charge in [0.15, 0.2) is 0 Å². The predicted molar refractivity (Wildman–Crippen MR) is 68.2 cm³/mol. The van der Waals surface area contributed by atoms with Crippen molar-refractivity contribution in [1.29, 1.82) is 0 Å². The molecule has 0 spiro atoms. The molecule has 3 rings (SSSR count). The van der Waals surface area contributed by atoms with Crippen LogP contribution in [0.5, 0.6) is 0 Å². The highest BCUT2D eigenvalue weighted by molar-refractivity contribution is 6.31. The predicted octanol–water partition coefficient (Wildman–Crippen LogP) is 1.63. The van der Waals surface area contributed by atoms with E-state index in [1.54, 1.807) is 17.1 Å². The lowest BCUT2D eigenvalue weighted by Crippen LogP contribution is -2.15. The molecule has 18 heavy (non-hydrogen) atoms. The van der Waals surface area contributed by atoms with Gasteiger partial charge >= 0.3 is 0 Å². The standard InChI is InChI=1S/C12H14ClN5/c13-12-6-14-4-3-9(12)7-18-8-11(16-17-18)5-15-10-1-2-10/h3-4,6,8,10,15H,1-2,5,7H2. The maximum Gasteiger partial charge on any atom is 0.0965 e. The smallest absolute Gasteiger partial charge is 0.0965 e. The van der Waals surface area contributed by atoms with Crippen LogP contribution in [0, 0.1) is 0 Å². The van der Waals surface area contributed by atoms with E-state index in [4.69, 9.17) is 11.6 Å². The van der Waals surface area contributed by atoms with Crippen molar-refractivity contribution in [2.75, 3.05) is 0 Å². The Bertz CT molecular complexity index is 535. The van der Waals surface area contributed by atoms with Gasteiger partial charge in [-0.1, -0.05) is 16.8 Å². The van der Waals surface area contributed by atoms with Gasteiger partial charge in [-0.3, -0.25) is 4.98 Å². The van der Waals surface area contributed by atoms with E-state index < -0.39 is 0 Å². The third-order valence-corrected chi connectivity index (χ3v) is 3.26. The Morgan fingerprint density at radius 1 is 1.44 bits per heavy atom. The monoisotopic (exact) mass is 263 g/mol. The number of rotatable bonds is 5. The summed E-state index contributed by atoms with van der Waals surface area (Å²) in [5.41, 5.74) is 1.96. The summed E-state index contributed by atoms with van der Waals surface area (Å²) in [6.45, 7) is 1.41. The van der Waals surface area contributed by atoms with E-state index in [1.165, 1.54) is 12.8 Å². The summed E-state index contributed by atoms with van der Waals surface area (Å²) < 4.78 is 1.80. The molecule has 0 radical (unpaired) electrons. The van der Waals surface area contributed by atoms with E-state index in [-0.39, 0.29) is 0 Å². The average Bonchev–Trinajstić information content (AvgIpc) is 3.10. The highest BCUT2D eigenvalue weighted by Crippen LogP contribution is 2.19. The van der Waals surface area contributed by atoms with E-state index in [0.717, 1.165) is 17.8 Å². The van der Waals surface area contributed by atoms with E-state index >= 15 is 0 Å². The van der Waals surface area contributed by atoms with Crippen LogP contribution < -0.4 is 5.32 Å². The summed E-state index contributed by atoms with van der Waals surface area (Å²) in [6, 6.07) is 2.58. The van der Waals surface area contributed by atoms with E-state index in [1.807, 2.05) is 12.3 Å². The van der Waals surface area contributed by atoms with Crippen molar-refractivity contribution in [1.82, 2.24) is 25.3 Å². The Morgan fingerprint density at radius 2 is 2.33 bits per heavy atom. The van der Waals surface area contributed by atoms with Crippen molar-refractivity contribution in [3.8, 4) is 0 Å². The zero-order valence-corrected chi connectivity index (χ0v) is 10.6. The molecule has 0 saturated heterocycles. The average molecular weight is 264 g/mol. The number of nitrogens with zero attached hydrogens (tertiary/aromatic N) is 4. The van der Waals surface area contributed by atoms with E-state index in [2.05, 4.69) is 20.6 Å². The van der Waals surface area contributed by atoms with Gasteiger partial charge in [0.25, 0.3) is 0 Å². The molecule has 2 aromatic heterocycles. The quantitative estimate of drug-likeness (QED) is 0.891. The minimum atomic E-state index is 0.623. The number of halogens is 1. The van der Waals surface area contributed by atoms with Gasteiger partial charge in [0.2, 0.25) is 0 Å². The molecule has 5 nitrogen and oxygen atoms in total. The largest absolute Gasteiger partial charge is 0.308 e. The van der Waals surface area contributed by atoms with Gasteiger partial charge in [-0.25, -0.2) is 4.68 Å². The van der Waals surface area contributed by atoms with E-state index in [9.17, 15) is 0 Å². The Hall–Kier alpha value is -1.46. The van der Waals surface area contributed by atoms with Crippen LogP contribution in [-0.2, 0) is 13.1 Å². The summed E-state index contributed by atoms with van der Waals surface area (Å²) >= 11 is 6.06. The van der Waals surface area contributed by atoms with Gasteiger partial charge in [-0.05, 0) is 24.5 Å². The van der Waals surface area contributed by atoms with Gasteiger partial charge < -0.3 is 5.32 Å². The second-order valence-electron chi connectivity index (χ2n) is 4.53. The molecule has 6 heteroatoms. The number of aromatic nitrogens is 4. The van der Waals surface area contributed by atoms with Crippen molar-refractivity contribution in [3.05, 3.63) is 40.9 Å². The lowest BCUT2D eigenvalue weighted by atomic mass is 10.3. The topological polar surface area (TPSA) is 55.6 Å². The molecule has 0 unspecified atom stereocenters. The molecule has 0 bridgehead atoms. The lowest BCUT2D eigenvalue weighted by Gasteiger charge is -2.02. The molecule has 2 heterocycles. The van der Waals surface area contributed by atoms with Crippen LogP contribution in [0.25, 0.3) is 0 Å². The highest BCUT2D eigenvalue weighted by atomic mass is 35.5. The minimum Gasteiger partial charge on any atom is -0.308 e. The number of nitrogens with one attached hydrogen (secondary N) is 1. The molecule has 1 aliphatic carbocycles. The summed E-state index contributed by atoms with van der Waals surface area (Å²) in [7, 11) is 0. The third kappa shape index (κ3) is 2.86. The Morgan fingerprint density at radius 3 is 3.11 bits per heavy atom.